The number of piperazine rings is 1. The Morgan fingerprint density at radius 1 is 0.750 bits per heavy atom. The molecule has 3 aromatic carbocycles. The Labute approximate surface area is 214 Å². The first kappa shape index (κ1) is 24.7. The summed E-state index contributed by atoms with van der Waals surface area (Å²) in [7, 11) is -3.70. The van der Waals surface area contributed by atoms with Crippen molar-refractivity contribution in [3.8, 4) is 0 Å². The number of likely N-dealkylation sites (tertiary alicyclic amines) is 1. The maximum Gasteiger partial charge on any atom is 0.254 e. The number of carbonyl (C=O) groups excluding carboxylic acids is 1. The molecule has 7 heteroatoms. The van der Waals surface area contributed by atoms with Crippen LogP contribution in [0.5, 0.6) is 0 Å². The molecule has 0 bridgehead atoms. The molecular formula is C29H33N3O3S. The van der Waals surface area contributed by atoms with E-state index < -0.39 is 10.0 Å². The molecule has 5 rings (SSSR count). The standard InChI is InChI=1S/C29H33N3O3S/c1-23-14-15-26(22-27(23)29(33)31-16-8-9-17-31)36(34,35)32-20-18-30(19-21-32)28(24-10-4-2-5-11-24)25-12-6-3-7-13-25/h2-7,10-15,22,28H,8-9,16-21H2,1H3. The van der Waals surface area contributed by atoms with Crippen LogP contribution < -0.4 is 0 Å². The lowest BCUT2D eigenvalue weighted by Crippen LogP contribution is -2.49. The minimum atomic E-state index is -3.70. The van der Waals surface area contributed by atoms with Gasteiger partial charge in [-0.05, 0) is 48.6 Å². The van der Waals surface area contributed by atoms with Gasteiger partial charge >= 0.3 is 0 Å². The van der Waals surface area contributed by atoms with Crippen LogP contribution in [0.1, 0.15) is 45.9 Å². The van der Waals surface area contributed by atoms with E-state index >= 15 is 0 Å². The third kappa shape index (κ3) is 4.96. The fourth-order valence-electron chi connectivity index (χ4n) is 5.32. The van der Waals surface area contributed by atoms with Crippen molar-refractivity contribution in [3.63, 3.8) is 0 Å². The Morgan fingerprint density at radius 2 is 1.31 bits per heavy atom. The predicted molar refractivity (Wildman–Crippen MR) is 141 cm³/mol. The van der Waals surface area contributed by atoms with E-state index in [9.17, 15) is 13.2 Å². The molecule has 36 heavy (non-hydrogen) atoms. The lowest BCUT2D eigenvalue weighted by molar-refractivity contribution is 0.0792. The van der Waals surface area contributed by atoms with Crippen molar-refractivity contribution in [1.82, 2.24) is 14.1 Å². The van der Waals surface area contributed by atoms with Crippen LogP contribution in [-0.2, 0) is 10.0 Å². The molecular weight excluding hydrogens is 470 g/mol. The SMILES string of the molecule is Cc1ccc(S(=O)(=O)N2CCN(C(c3ccccc3)c3ccccc3)CC2)cc1C(=O)N1CCCC1. The molecule has 0 aromatic heterocycles. The Bertz CT molecular complexity index is 1260. The zero-order valence-electron chi connectivity index (χ0n) is 20.7. The van der Waals surface area contributed by atoms with Gasteiger partial charge < -0.3 is 4.90 Å². The molecule has 0 unspecified atom stereocenters. The number of nitrogens with zero attached hydrogens (tertiary/aromatic N) is 3. The van der Waals surface area contributed by atoms with Crippen molar-refractivity contribution in [1.29, 1.82) is 0 Å². The second-order valence-electron chi connectivity index (χ2n) is 9.64. The maximum atomic E-state index is 13.6. The van der Waals surface area contributed by atoms with Crippen LogP contribution >= 0.6 is 0 Å². The third-order valence-corrected chi connectivity index (χ3v) is 9.23. The summed E-state index contributed by atoms with van der Waals surface area (Å²) in [5.41, 5.74) is 3.70. The Balaban J connectivity index is 1.35. The molecule has 2 aliphatic heterocycles. The van der Waals surface area contributed by atoms with Gasteiger partial charge in [-0.25, -0.2) is 8.42 Å². The van der Waals surface area contributed by atoms with Crippen molar-refractivity contribution in [2.24, 2.45) is 0 Å². The van der Waals surface area contributed by atoms with Crippen LogP contribution in [0, 0.1) is 6.92 Å². The topological polar surface area (TPSA) is 60.9 Å². The summed E-state index contributed by atoms with van der Waals surface area (Å²) >= 11 is 0. The van der Waals surface area contributed by atoms with Gasteiger partial charge in [-0.3, -0.25) is 9.69 Å². The van der Waals surface area contributed by atoms with Crippen molar-refractivity contribution in [2.45, 2.75) is 30.7 Å². The van der Waals surface area contributed by atoms with Crippen molar-refractivity contribution < 1.29 is 13.2 Å². The molecule has 2 fully saturated rings. The zero-order valence-corrected chi connectivity index (χ0v) is 21.5. The smallest absolute Gasteiger partial charge is 0.254 e. The highest BCUT2D eigenvalue weighted by Gasteiger charge is 2.33. The number of hydrogen-bond donors (Lipinski definition) is 0. The summed E-state index contributed by atoms with van der Waals surface area (Å²) in [5.74, 6) is -0.0690. The fraction of sp³-hybridized carbons (Fsp3) is 0.345. The molecule has 0 saturated carbocycles. The molecule has 6 nitrogen and oxygen atoms in total. The molecule has 2 aliphatic rings. The van der Waals surface area contributed by atoms with E-state index in [1.807, 2.05) is 48.2 Å². The van der Waals surface area contributed by atoms with Crippen molar-refractivity contribution in [2.75, 3.05) is 39.3 Å². The first-order chi connectivity index (χ1) is 17.4. The van der Waals surface area contributed by atoms with Gasteiger partial charge in [0.2, 0.25) is 10.0 Å². The van der Waals surface area contributed by atoms with E-state index in [-0.39, 0.29) is 16.8 Å². The first-order valence-electron chi connectivity index (χ1n) is 12.7. The van der Waals surface area contributed by atoms with Crippen LogP contribution in [0.15, 0.2) is 83.8 Å². The van der Waals surface area contributed by atoms with Gasteiger partial charge in [0.1, 0.15) is 0 Å². The molecule has 0 spiro atoms. The molecule has 0 N–H and O–H groups in total. The van der Waals surface area contributed by atoms with E-state index in [1.165, 1.54) is 11.1 Å². The number of aryl methyl sites for hydroxylation is 1. The predicted octanol–water partition coefficient (Wildman–Crippen LogP) is 4.33. The van der Waals surface area contributed by atoms with Crippen LogP contribution in [0.3, 0.4) is 0 Å². The van der Waals surface area contributed by atoms with E-state index in [1.54, 1.807) is 22.5 Å². The first-order valence-corrected chi connectivity index (χ1v) is 14.1. The zero-order chi connectivity index (χ0) is 25.1. The summed E-state index contributed by atoms with van der Waals surface area (Å²) < 4.78 is 28.7. The number of carbonyl (C=O) groups is 1. The summed E-state index contributed by atoms with van der Waals surface area (Å²) in [4.78, 5) is 17.4. The maximum absolute atomic E-state index is 13.6. The highest BCUT2D eigenvalue weighted by Crippen LogP contribution is 2.31. The number of rotatable bonds is 6. The summed E-state index contributed by atoms with van der Waals surface area (Å²) in [6.45, 7) is 5.40. The Hall–Kier alpha value is -3.00. The second kappa shape index (κ2) is 10.5. The van der Waals surface area contributed by atoms with Crippen LogP contribution in [0.25, 0.3) is 0 Å². The monoisotopic (exact) mass is 503 g/mol. The second-order valence-corrected chi connectivity index (χ2v) is 11.6. The average Bonchev–Trinajstić information content (AvgIpc) is 3.45. The fourth-order valence-corrected chi connectivity index (χ4v) is 6.77. The summed E-state index contributed by atoms with van der Waals surface area (Å²) in [6.07, 6.45) is 2.00. The average molecular weight is 504 g/mol. The molecule has 0 radical (unpaired) electrons. The summed E-state index contributed by atoms with van der Waals surface area (Å²) in [6, 6.07) is 25.8. The van der Waals surface area contributed by atoms with Crippen LogP contribution in [0.2, 0.25) is 0 Å². The molecule has 0 atom stereocenters. The van der Waals surface area contributed by atoms with Gasteiger partial charge in [-0.2, -0.15) is 4.31 Å². The van der Waals surface area contributed by atoms with Crippen LogP contribution in [0.4, 0.5) is 0 Å². The van der Waals surface area contributed by atoms with Crippen molar-refractivity contribution in [3.05, 3.63) is 101 Å². The molecule has 0 aliphatic carbocycles. The van der Waals surface area contributed by atoms with E-state index in [0.717, 1.165) is 31.5 Å². The lowest BCUT2D eigenvalue weighted by Gasteiger charge is -2.39. The quantitative estimate of drug-likeness (QED) is 0.503. The van der Waals surface area contributed by atoms with E-state index in [2.05, 4.69) is 29.2 Å². The Morgan fingerprint density at radius 3 is 1.86 bits per heavy atom. The molecule has 3 aromatic rings. The van der Waals surface area contributed by atoms with Gasteiger partial charge in [-0.1, -0.05) is 66.7 Å². The number of benzene rings is 3. The van der Waals surface area contributed by atoms with Gasteiger partial charge in [0.25, 0.3) is 5.91 Å². The minimum Gasteiger partial charge on any atom is -0.339 e. The van der Waals surface area contributed by atoms with E-state index in [4.69, 9.17) is 0 Å². The normalized spacial score (nSPS) is 17.6. The molecule has 188 valence electrons. The highest BCUT2D eigenvalue weighted by molar-refractivity contribution is 7.89. The number of sulfonamides is 1. The van der Waals surface area contributed by atoms with Gasteiger partial charge in [-0.15, -0.1) is 0 Å². The minimum absolute atomic E-state index is 0.0690. The summed E-state index contributed by atoms with van der Waals surface area (Å²) in [5, 5.41) is 0. The van der Waals surface area contributed by atoms with E-state index in [0.29, 0.717) is 31.7 Å². The number of amides is 1. The third-order valence-electron chi connectivity index (χ3n) is 7.34. The Kier molecular flexibility index (Phi) is 7.23. The largest absolute Gasteiger partial charge is 0.339 e. The van der Waals surface area contributed by atoms with Gasteiger partial charge in [0.15, 0.2) is 0 Å². The highest BCUT2D eigenvalue weighted by atomic mass is 32.2. The molecule has 2 heterocycles. The van der Waals surface area contributed by atoms with Crippen molar-refractivity contribution >= 4 is 15.9 Å². The lowest BCUT2D eigenvalue weighted by atomic mass is 9.96. The molecule has 2 saturated heterocycles. The van der Waals surface area contributed by atoms with Gasteiger partial charge in [0, 0.05) is 44.8 Å². The van der Waals surface area contributed by atoms with Gasteiger partial charge in [0.05, 0.1) is 10.9 Å². The number of hydrogen-bond acceptors (Lipinski definition) is 4. The molecule has 1 amide bonds. The van der Waals surface area contributed by atoms with Crippen LogP contribution in [-0.4, -0.2) is 67.7 Å².